The number of fused-ring (bicyclic) bond motifs is 2. The molecule has 0 saturated carbocycles. The Hall–Kier alpha value is -3.40. The Labute approximate surface area is 361 Å². The molecule has 4 aromatic carbocycles. The molecular weight excluding hydrogens is 847 g/mol. The quantitative estimate of drug-likeness (QED) is 0.156. The molecule has 2 aliphatic carbocycles. The van der Waals surface area contributed by atoms with Crippen LogP contribution in [0.25, 0.3) is 45.6 Å². The van der Waals surface area contributed by atoms with Gasteiger partial charge in [0.15, 0.2) is 0 Å². The Balaban J connectivity index is 0.00000283. The first-order chi connectivity index (χ1) is 26.3. The van der Waals surface area contributed by atoms with Gasteiger partial charge < -0.3 is 0 Å². The smallest absolute Gasteiger partial charge is 0.147 e. The molecule has 6 aromatic rings. The summed E-state index contributed by atoms with van der Waals surface area (Å²) >= 11 is -4.26. The Morgan fingerprint density at radius 3 is 1.05 bits per heavy atom. The molecule has 2 atom stereocenters. The van der Waals surface area contributed by atoms with Crippen LogP contribution in [0, 0.1) is 83.1 Å². The number of rotatable bonds is 6. The summed E-state index contributed by atoms with van der Waals surface area (Å²) in [5, 5.41) is 0. The van der Waals surface area contributed by atoms with E-state index in [0.29, 0.717) is 0 Å². The molecule has 0 N–H and O–H groups in total. The maximum atomic E-state index is 6.66. The Kier molecular flexibility index (Phi) is 11.6. The molecule has 302 valence electrons. The molecule has 2 aromatic heterocycles. The summed E-state index contributed by atoms with van der Waals surface area (Å²) in [6.07, 6.45) is 5.05. The van der Waals surface area contributed by atoms with Gasteiger partial charge in [-0.1, -0.05) is 0 Å². The van der Waals surface area contributed by atoms with Crippen LogP contribution >= 0.6 is 24.8 Å². The number of aryl methyl sites for hydroxylation is 8. The van der Waals surface area contributed by atoms with Crippen molar-refractivity contribution < 1.29 is 26.2 Å². The minimum Gasteiger partial charge on any atom is -0.147 e. The summed E-state index contributed by atoms with van der Waals surface area (Å²) in [4.78, 5) is 0. The van der Waals surface area contributed by atoms with Crippen molar-refractivity contribution in [3.8, 4) is 22.3 Å². The maximum Gasteiger partial charge on any atom is -0.147 e. The van der Waals surface area contributed by atoms with Crippen LogP contribution in [0.5, 0.6) is 0 Å². The van der Waals surface area contributed by atoms with Crippen LogP contribution in [0.15, 0.2) is 69.5 Å². The first kappa shape index (κ1) is 44.2. The molecule has 0 amide bonds. The molecule has 0 spiro atoms. The Bertz CT molecular complexity index is 2590. The number of hydrogen-bond acceptors (Lipinski definition) is 2. The van der Waals surface area contributed by atoms with Crippen molar-refractivity contribution in [2.75, 3.05) is 0 Å². The summed E-state index contributed by atoms with van der Waals surface area (Å²) in [6, 6.07) is 23.4. The van der Waals surface area contributed by atoms with Crippen LogP contribution in [-0.4, -0.2) is 6.88 Å². The largest absolute Gasteiger partial charge is 0.147 e. The molecule has 0 fully saturated rings. The molecule has 0 radical (unpaired) electrons. The summed E-state index contributed by atoms with van der Waals surface area (Å²) in [5.74, 6) is 3.90. The van der Waals surface area contributed by atoms with Crippen molar-refractivity contribution in [1.82, 2.24) is 0 Å². The zero-order valence-electron chi connectivity index (χ0n) is 36.9. The van der Waals surface area contributed by atoms with Gasteiger partial charge in [-0.05, 0) is 0 Å². The predicted molar refractivity (Wildman–Crippen MR) is 254 cm³/mol. The van der Waals surface area contributed by atoms with Crippen LogP contribution in [0.3, 0.4) is 0 Å². The van der Waals surface area contributed by atoms with E-state index in [2.05, 4.69) is 172 Å². The van der Waals surface area contributed by atoms with Crippen molar-refractivity contribution in [3.05, 3.63) is 162 Å². The first-order valence-electron chi connectivity index (χ1n) is 20.3. The van der Waals surface area contributed by atoms with Gasteiger partial charge >= 0.3 is 340 Å². The van der Waals surface area contributed by atoms with Gasteiger partial charge in [0.05, 0.1) is 0 Å². The molecular formula is C52H60Cl2O2SiZr. The SMILES string of the molecule is Cc1ccc(C2=Cc3c(cc(C)c(C)c3-c3cc(C)c(C)c(C)c3)[CH]2[Zr]([CH3])([CH3])(=[SiH2])[CH]2C(c3ccc(C)o3)=Cc3c2cc(C)c(C)c3-c2cc(C)c(C)c(C)c2)o1.Cl.Cl. The van der Waals surface area contributed by atoms with E-state index in [9.17, 15) is 0 Å². The van der Waals surface area contributed by atoms with Crippen molar-refractivity contribution in [1.29, 1.82) is 0 Å². The Morgan fingerprint density at radius 2 is 0.759 bits per heavy atom. The van der Waals surface area contributed by atoms with Crippen LogP contribution < -0.4 is 0 Å². The van der Waals surface area contributed by atoms with E-state index in [1.165, 1.54) is 111 Å². The normalized spacial score (nSPS) is 16.1. The molecule has 2 unspecified atom stereocenters. The first-order valence-corrected chi connectivity index (χ1v) is 34.0. The van der Waals surface area contributed by atoms with Crippen LogP contribution in [0.4, 0.5) is 0 Å². The fourth-order valence-corrected chi connectivity index (χ4v) is 28.8. The molecule has 0 aliphatic heterocycles. The van der Waals surface area contributed by atoms with Gasteiger partial charge in [0, 0.05) is 0 Å². The second-order valence-electron chi connectivity index (χ2n) is 18.7. The topological polar surface area (TPSA) is 26.3 Å². The van der Waals surface area contributed by atoms with Gasteiger partial charge in [-0.2, -0.15) is 0 Å². The predicted octanol–water partition coefficient (Wildman–Crippen LogP) is 15.0. The molecule has 8 rings (SSSR count). The van der Waals surface area contributed by atoms with E-state index in [-0.39, 0.29) is 32.1 Å². The van der Waals surface area contributed by atoms with Gasteiger partial charge in [0.1, 0.15) is 0 Å². The van der Waals surface area contributed by atoms with Gasteiger partial charge in [-0.15, -0.1) is 24.8 Å². The number of hydrogen-bond donors (Lipinski definition) is 0. The molecule has 58 heavy (non-hydrogen) atoms. The van der Waals surface area contributed by atoms with Crippen LogP contribution in [0.2, 0.25) is 9.26 Å². The summed E-state index contributed by atoms with van der Waals surface area (Å²) in [5.41, 5.74) is 27.2. The second-order valence-corrected chi connectivity index (χ2v) is 49.2. The van der Waals surface area contributed by atoms with Crippen molar-refractivity contribution in [2.45, 2.75) is 99.6 Å². The van der Waals surface area contributed by atoms with Crippen molar-refractivity contribution in [3.63, 3.8) is 0 Å². The van der Waals surface area contributed by atoms with E-state index in [1.54, 1.807) is 0 Å². The van der Waals surface area contributed by atoms with Gasteiger partial charge in [0.2, 0.25) is 0 Å². The molecule has 0 bridgehead atoms. The molecule has 2 heterocycles. The number of allylic oxidation sites excluding steroid dienone is 2. The second kappa shape index (κ2) is 15.3. The monoisotopic (exact) mass is 904 g/mol. The van der Waals surface area contributed by atoms with Gasteiger partial charge in [0.25, 0.3) is 0 Å². The van der Waals surface area contributed by atoms with Crippen LogP contribution in [0.1, 0.15) is 108 Å². The minimum atomic E-state index is -4.26. The minimum absolute atomic E-state index is 0. The molecule has 0 saturated heterocycles. The molecule has 2 nitrogen and oxygen atoms in total. The molecule has 2 aliphatic rings. The van der Waals surface area contributed by atoms with Crippen molar-refractivity contribution in [2.24, 2.45) is 0 Å². The zero-order valence-corrected chi connectivity index (χ0v) is 42.4. The average molecular weight is 907 g/mol. The maximum absolute atomic E-state index is 6.66. The third-order valence-corrected chi connectivity index (χ3v) is 31.3. The fourth-order valence-electron chi connectivity index (χ4n) is 10.4. The van der Waals surface area contributed by atoms with E-state index < -0.39 is 17.4 Å². The molecule has 6 heteroatoms. The van der Waals surface area contributed by atoms with Gasteiger partial charge in [-0.3, -0.25) is 0 Å². The fraction of sp³-hybridized carbons (Fsp3) is 0.308. The zero-order chi connectivity index (χ0) is 40.4. The number of halogens is 2. The van der Waals surface area contributed by atoms with Crippen molar-refractivity contribution >= 4 is 55.0 Å². The standard InChI is InChI=1S/2C25H25O.2CH3.2ClH.H2Si.Zr/c2*1-14-10-22(11-15(2)18(14)5)25-19(6)16(3)9-20-12-21(13-23(20)25)24-8-7-17(4)26-24;;;;;;/h2*7-13H,1-6H3;2*1H3;2*1H;1H2;. The summed E-state index contributed by atoms with van der Waals surface area (Å²) in [7, 11) is 0. The third kappa shape index (κ3) is 6.89. The van der Waals surface area contributed by atoms with Gasteiger partial charge in [-0.25, -0.2) is 0 Å². The van der Waals surface area contributed by atoms with Crippen LogP contribution in [-0.2, 0) is 17.4 Å². The number of benzene rings is 4. The van der Waals surface area contributed by atoms with E-state index in [1.807, 2.05) is 0 Å². The Morgan fingerprint density at radius 1 is 0.448 bits per heavy atom. The van der Waals surface area contributed by atoms with E-state index in [0.717, 1.165) is 23.0 Å². The summed E-state index contributed by atoms with van der Waals surface area (Å²) < 4.78 is 19.2. The average Bonchev–Trinajstić information content (AvgIpc) is 3.92. The van der Waals surface area contributed by atoms with E-state index >= 15 is 0 Å². The summed E-state index contributed by atoms with van der Waals surface area (Å²) in [6.45, 7) is 29.3. The number of furan rings is 2. The van der Waals surface area contributed by atoms with E-state index in [4.69, 9.17) is 8.83 Å². The third-order valence-electron chi connectivity index (χ3n) is 14.1.